The van der Waals surface area contributed by atoms with E-state index in [9.17, 15) is 0 Å². The molecule has 0 unspecified atom stereocenters. The lowest BCUT2D eigenvalue weighted by Gasteiger charge is -2.08. The van der Waals surface area contributed by atoms with Gasteiger partial charge >= 0.3 is 0 Å². The smallest absolute Gasteiger partial charge is 0.134 e. The second-order valence-electron chi connectivity index (χ2n) is 4.26. The highest BCUT2D eigenvalue weighted by Gasteiger charge is 2.12. The first-order chi connectivity index (χ1) is 8.42. The van der Waals surface area contributed by atoms with E-state index < -0.39 is 0 Å². The zero-order valence-corrected chi connectivity index (χ0v) is 9.60. The predicted octanol–water partition coefficient (Wildman–Crippen LogP) is 4.66. The van der Waals surface area contributed by atoms with Gasteiger partial charge in [-0.15, -0.1) is 0 Å². The van der Waals surface area contributed by atoms with Crippen LogP contribution in [-0.4, -0.2) is 0 Å². The number of para-hydroxylation sites is 2. The van der Waals surface area contributed by atoms with Crippen molar-refractivity contribution in [3.8, 4) is 11.5 Å². The van der Waals surface area contributed by atoms with Crippen LogP contribution in [-0.2, 0) is 0 Å². The van der Waals surface area contributed by atoms with E-state index in [0.29, 0.717) is 0 Å². The molecule has 0 aromatic heterocycles. The van der Waals surface area contributed by atoms with E-state index in [0.717, 1.165) is 11.5 Å². The van der Waals surface area contributed by atoms with Gasteiger partial charge in [-0.1, -0.05) is 48.0 Å². The van der Waals surface area contributed by atoms with E-state index in [1.165, 1.54) is 24.0 Å². The fourth-order valence-corrected chi connectivity index (χ4v) is 1.74. The molecule has 0 atom stereocenters. The minimum atomic E-state index is 0.883. The van der Waals surface area contributed by atoms with Gasteiger partial charge in [0, 0.05) is 5.56 Å². The summed E-state index contributed by atoms with van der Waals surface area (Å²) in [5, 5.41) is 0. The topological polar surface area (TPSA) is 9.23 Å². The summed E-state index contributed by atoms with van der Waals surface area (Å²) >= 11 is 0. The molecule has 0 aliphatic heterocycles. The lowest BCUT2D eigenvalue weighted by atomic mass is 10.2. The summed E-state index contributed by atoms with van der Waals surface area (Å²) in [5.74, 6) is 1.81. The Balaban J connectivity index is 1.89. The minimum Gasteiger partial charge on any atom is -0.457 e. The summed E-state index contributed by atoms with van der Waals surface area (Å²) in [4.78, 5) is 0. The van der Waals surface area contributed by atoms with E-state index in [-0.39, 0.29) is 0 Å². The standard InChI is InChI=1S/C16H14O/c1-2-7-15(8-3-1)17-16-9-5-4-6-14(16)12-13-10-11-13/h1-9,12H,10-11H2. The third-order valence-electron chi connectivity index (χ3n) is 2.79. The van der Waals surface area contributed by atoms with Crippen molar-refractivity contribution in [1.82, 2.24) is 0 Å². The zero-order chi connectivity index (χ0) is 11.5. The van der Waals surface area contributed by atoms with Crippen LogP contribution in [0.3, 0.4) is 0 Å². The molecule has 1 heteroatoms. The van der Waals surface area contributed by atoms with Gasteiger partial charge < -0.3 is 4.74 Å². The van der Waals surface area contributed by atoms with Crippen LogP contribution in [0.5, 0.6) is 11.5 Å². The van der Waals surface area contributed by atoms with Crippen molar-refractivity contribution < 1.29 is 4.74 Å². The van der Waals surface area contributed by atoms with Crippen LogP contribution in [0.2, 0.25) is 0 Å². The van der Waals surface area contributed by atoms with Crippen LogP contribution in [0.1, 0.15) is 18.4 Å². The van der Waals surface area contributed by atoms with Crippen molar-refractivity contribution in [3.63, 3.8) is 0 Å². The molecular formula is C16H14O. The Bertz CT molecular complexity index is 534. The maximum Gasteiger partial charge on any atom is 0.134 e. The van der Waals surface area contributed by atoms with E-state index in [4.69, 9.17) is 4.74 Å². The minimum absolute atomic E-state index is 0.883. The Labute approximate surface area is 101 Å². The highest BCUT2D eigenvalue weighted by molar-refractivity contribution is 5.62. The van der Waals surface area contributed by atoms with Gasteiger partial charge in [-0.25, -0.2) is 0 Å². The first-order valence-corrected chi connectivity index (χ1v) is 5.93. The fourth-order valence-electron chi connectivity index (χ4n) is 1.74. The molecule has 0 spiro atoms. The molecule has 3 rings (SSSR count). The predicted molar refractivity (Wildman–Crippen MR) is 70.2 cm³/mol. The summed E-state index contributed by atoms with van der Waals surface area (Å²) < 4.78 is 5.89. The van der Waals surface area contributed by atoms with Crippen LogP contribution in [0.15, 0.2) is 60.2 Å². The lowest BCUT2D eigenvalue weighted by Crippen LogP contribution is -1.86. The van der Waals surface area contributed by atoms with Crippen molar-refractivity contribution in [2.75, 3.05) is 0 Å². The molecule has 0 N–H and O–H groups in total. The van der Waals surface area contributed by atoms with Crippen LogP contribution >= 0.6 is 0 Å². The quantitative estimate of drug-likeness (QED) is 0.734. The SMILES string of the molecule is C(=C1CC1)c1ccccc1Oc1ccccc1. The molecule has 0 bridgehead atoms. The Morgan fingerprint density at radius 3 is 2.29 bits per heavy atom. The third-order valence-corrected chi connectivity index (χ3v) is 2.79. The van der Waals surface area contributed by atoms with Crippen molar-refractivity contribution in [3.05, 3.63) is 65.7 Å². The van der Waals surface area contributed by atoms with E-state index in [2.05, 4.69) is 12.1 Å². The second-order valence-corrected chi connectivity index (χ2v) is 4.26. The highest BCUT2D eigenvalue weighted by atomic mass is 16.5. The Morgan fingerprint density at radius 1 is 0.824 bits per heavy atom. The van der Waals surface area contributed by atoms with Crippen molar-refractivity contribution in [2.24, 2.45) is 0 Å². The number of benzene rings is 2. The maximum atomic E-state index is 5.89. The molecule has 1 nitrogen and oxygen atoms in total. The number of allylic oxidation sites excluding steroid dienone is 1. The van der Waals surface area contributed by atoms with E-state index in [1.807, 2.05) is 48.5 Å². The molecule has 1 saturated carbocycles. The van der Waals surface area contributed by atoms with Gasteiger partial charge in [-0.3, -0.25) is 0 Å². The van der Waals surface area contributed by atoms with Gasteiger partial charge in [0.2, 0.25) is 0 Å². The van der Waals surface area contributed by atoms with Gasteiger partial charge in [0.05, 0.1) is 0 Å². The fraction of sp³-hybridized carbons (Fsp3) is 0.125. The highest BCUT2D eigenvalue weighted by Crippen LogP contribution is 2.34. The summed E-state index contributed by atoms with van der Waals surface area (Å²) in [5.41, 5.74) is 2.68. The Hall–Kier alpha value is -2.02. The summed E-state index contributed by atoms with van der Waals surface area (Å²) in [6.07, 6.45) is 4.71. The van der Waals surface area contributed by atoms with Crippen LogP contribution in [0, 0.1) is 0 Å². The second kappa shape index (κ2) is 4.46. The van der Waals surface area contributed by atoms with Crippen molar-refractivity contribution >= 4 is 6.08 Å². The molecule has 1 aliphatic carbocycles. The summed E-state index contributed by atoms with van der Waals surface area (Å²) in [6, 6.07) is 18.1. The molecular weight excluding hydrogens is 208 g/mol. The van der Waals surface area contributed by atoms with Gasteiger partial charge in [0.1, 0.15) is 11.5 Å². The molecule has 84 valence electrons. The van der Waals surface area contributed by atoms with Crippen molar-refractivity contribution in [2.45, 2.75) is 12.8 Å². The molecule has 17 heavy (non-hydrogen) atoms. The molecule has 1 aliphatic rings. The lowest BCUT2D eigenvalue weighted by molar-refractivity contribution is 0.481. The largest absolute Gasteiger partial charge is 0.457 e. The monoisotopic (exact) mass is 222 g/mol. The first kappa shape index (κ1) is 10.2. The molecule has 0 radical (unpaired) electrons. The molecule has 2 aromatic carbocycles. The summed E-state index contributed by atoms with van der Waals surface area (Å²) in [6.45, 7) is 0. The Kier molecular flexibility index (Phi) is 2.66. The molecule has 1 fully saturated rings. The van der Waals surface area contributed by atoms with E-state index >= 15 is 0 Å². The van der Waals surface area contributed by atoms with Gasteiger partial charge in [-0.2, -0.15) is 0 Å². The first-order valence-electron chi connectivity index (χ1n) is 5.93. The van der Waals surface area contributed by atoms with E-state index in [1.54, 1.807) is 0 Å². The average molecular weight is 222 g/mol. The van der Waals surface area contributed by atoms with Gasteiger partial charge in [-0.05, 0) is 31.0 Å². The summed E-state index contributed by atoms with van der Waals surface area (Å²) in [7, 11) is 0. The van der Waals surface area contributed by atoms with Crippen LogP contribution < -0.4 is 4.74 Å². The zero-order valence-electron chi connectivity index (χ0n) is 9.60. The van der Waals surface area contributed by atoms with Gasteiger partial charge in [0.15, 0.2) is 0 Å². The number of hydrogen-bond acceptors (Lipinski definition) is 1. The molecule has 0 amide bonds. The number of rotatable bonds is 3. The average Bonchev–Trinajstić information content (AvgIpc) is 3.17. The van der Waals surface area contributed by atoms with Crippen molar-refractivity contribution in [1.29, 1.82) is 0 Å². The normalized spacial score (nSPS) is 13.3. The van der Waals surface area contributed by atoms with Gasteiger partial charge in [0.25, 0.3) is 0 Å². The third kappa shape index (κ3) is 2.56. The molecule has 0 saturated heterocycles. The number of ether oxygens (including phenoxy) is 1. The number of hydrogen-bond donors (Lipinski definition) is 0. The molecule has 2 aromatic rings. The van der Waals surface area contributed by atoms with Crippen LogP contribution in [0.4, 0.5) is 0 Å². The van der Waals surface area contributed by atoms with Crippen LogP contribution in [0.25, 0.3) is 6.08 Å². The maximum absolute atomic E-state index is 5.89. The Morgan fingerprint density at radius 2 is 1.53 bits per heavy atom. The molecule has 0 heterocycles.